The van der Waals surface area contributed by atoms with E-state index in [1.165, 1.54) is 18.7 Å². The first-order valence-corrected chi connectivity index (χ1v) is 14.9. The molecule has 1 heterocycles. The second kappa shape index (κ2) is 14.9. The molecule has 0 fully saturated rings. The third-order valence-corrected chi connectivity index (χ3v) is 7.34. The van der Waals surface area contributed by atoms with Crippen molar-refractivity contribution in [2.45, 2.75) is 32.9 Å². The molecule has 0 saturated heterocycles. The van der Waals surface area contributed by atoms with Crippen LogP contribution in [0.2, 0.25) is 0 Å². The number of amides is 3. The van der Waals surface area contributed by atoms with Gasteiger partial charge in [-0.15, -0.1) is 11.8 Å². The number of pyridine rings is 1. The van der Waals surface area contributed by atoms with Crippen LogP contribution in [0.3, 0.4) is 0 Å². The normalized spacial score (nSPS) is 11.5. The first-order chi connectivity index (χ1) is 20.4. The van der Waals surface area contributed by atoms with Crippen molar-refractivity contribution in [3.8, 4) is 17.0 Å². The summed E-state index contributed by atoms with van der Waals surface area (Å²) in [6.07, 6.45) is 0.914. The van der Waals surface area contributed by atoms with E-state index in [0.29, 0.717) is 40.3 Å². The molecule has 9 nitrogen and oxygen atoms in total. The van der Waals surface area contributed by atoms with Gasteiger partial charge in [-0.05, 0) is 54.4 Å². The van der Waals surface area contributed by atoms with Gasteiger partial charge in [0.15, 0.2) is 0 Å². The number of hydrogen-bond acceptors (Lipinski definition) is 7. The SMILES string of the molecule is CCCOc1ccc(-c2cc(C(=O)NC(CSCNC(C)=O)C(=O)NCc3ccccc3N)c3ccccc3n2)cc1. The molecule has 3 aromatic carbocycles. The Morgan fingerprint density at radius 3 is 2.45 bits per heavy atom. The number of nitrogens with one attached hydrogen (secondary N) is 3. The number of benzene rings is 3. The number of hydrogen-bond donors (Lipinski definition) is 4. The second-order valence-corrected chi connectivity index (χ2v) is 10.7. The molecular weight excluding hydrogens is 550 g/mol. The fourth-order valence-corrected chi connectivity index (χ4v) is 5.10. The topological polar surface area (TPSA) is 135 Å². The van der Waals surface area contributed by atoms with Crippen LogP contribution >= 0.6 is 11.8 Å². The predicted molar refractivity (Wildman–Crippen MR) is 168 cm³/mol. The van der Waals surface area contributed by atoms with Gasteiger partial charge in [0, 0.05) is 35.9 Å². The summed E-state index contributed by atoms with van der Waals surface area (Å²) in [4.78, 5) is 43.2. The van der Waals surface area contributed by atoms with Crippen LogP contribution in [0.25, 0.3) is 22.2 Å². The maximum Gasteiger partial charge on any atom is 0.252 e. The lowest BCUT2D eigenvalue weighted by molar-refractivity contribution is -0.122. The highest BCUT2D eigenvalue weighted by Crippen LogP contribution is 2.27. The summed E-state index contributed by atoms with van der Waals surface area (Å²) in [6, 6.07) is 23.1. The zero-order valence-corrected chi connectivity index (χ0v) is 24.5. The van der Waals surface area contributed by atoms with Gasteiger partial charge in [0.05, 0.1) is 29.3 Å². The number of carbonyl (C=O) groups is 3. The van der Waals surface area contributed by atoms with Gasteiger partial charge < -0.3 is 26.4 Å². The highest BCUT2D eigenvalue weighted by Gasteiger charge is 2.23. The molecule has 0 saturated carbocycles. The Labute approximate surface area is 249 Å². The highest BCUT2D eigenvalue weighted by molar-refractivity contribution is 7.99. The summed E-state index contributed by atoms with van der Waals surface area (Å²) in [5.74, 6) is 0.383. The number of rotatable bonds is 13. The van der Waals surface area contributed by atoms with Crippen molar-refractivity contribution < 1.29 is 19.1 Å². The third-order valence-electron chi connectivity index (χ3n) is 6.42. The number of aromatic nitrogens is 1. The van der Waals surface area contributed by atoms with Crippen molar-refractivity contribution in [1.82, 2.24) is 20.9 Å². The Kier molecular flexibility index (Phi) is 10.8. The number of ether oxygens (including phenoxy) is 1. The summed E-state index contributed by atoms with van der Waals surface area (Å²) >= 11 is 1.33. The molecule has 4 rings (SSSR count). The quantitative estimate of drug-likeness (QED) is 0.103. The Hall–Kier alpha value is -4.57. The van der Waals surface area contributed by atoms with E-state index in [1.807, 2.05) is 66.7 Å². The summed E-state index contributed by atoms with van der Waals surface area (Å²) in [5.41, 5.74) is 9.90. The zero-order valence-electron chi connectivity index (χ0n) is 23.7. The Morgan fingerprint density at radius 2 is 1.71 bits per heavy atom. The van der Waals surface area contributed by atoms with E-state index in [2.05, 4.69) is 22.9 Å². The molecule has 1 unspecified atom stereocenters. The van der Waals surface area contributed by atoms with Crippen molar-refractivity contribution >= 4 is 46.1 Å². The van der Waals surface area contributed by atoms with Crippen LogP contribution in [-0.2, 0) is 16.1 Å². The van der Waals surface area contributed by atoms with Crippen molar-refractivity contribution in [3.05, 3.63) is 90.0 Å². The van der Waals surface area contributed by atoms with Crippen LogP contribution in [0.1, 0.15) is 36.2 Å². The minimum atomic E-state index is -0.869. The van der Waals surface area contributed by atoms with Crippen LogP contribution in [0.5, 0.6) is 5.75 Å². The van der Waals surface area contributed by atoms with Crippen LogP contribution in [0.4, 0.5) is 5.69 Å². The number of nitrogen functional groups attached to an aromatic ring is 1. The molecule has 0 aliphatic heterocycles. The molecule has 3 amide bonds. The van der Waals surface area contributed by atoms with Gasteiger partial charge in [0.25, 0.3) is 5.91 Å². The highest BCUT2D eigenvalue weighted by atomic mass is 32.2. The maximum atomic E-state index is 13.8. The molecule has 0 bridgehead atoms. The largest absolute Gasteiger partial charge is 0.494 e. The fourth-order valence-electron chi connectivity index (χ4n) is 4.20. The van der Waals surface area contributed by atoms with Crippen LogP contribution in [-0.4, -0.2) is 47.0 Å². The van der Waals surface area contributed by atoms with Gasteiger partial charge in [0.1, 0.15) is 11.8 Å². The lowest BCUT2D eigenvalue weighted by Crippen LogP contribution is -2.48. The van der Waals surface area contributed by atoms with Gasteiger partial charge in [-0.1, -0.05) is 43.3 Å². The van der Waals surface area contributed by atoms with Gasteiger partial charge in [0.2, 0.25) is 11.8 Å². The molecule has 10 heteroatoms. The van der Waals surface area contributed by atoms with E-state index in [-0.39, 0.29) is 24.1 Å². The average molecular weight is 586 g/mol. The molecule has 0 spiro atoms. The molecule has 218 valence electrons. The maximum absolute atomic E-state index is 13.8. The molecule has 42 heavy (non-hydrogen) atoms. The first-order valence-electron chi connectivity index (χ1n) is 13.7. The molecule has 5 N–H and O–H groups in total. The van der Waals surface area contributed by atoms with Gasteiger partial charge in [-0.25, -0.2) is 4.98 Å². The van der Waals surface area contributed by atoms with E-state index in [1.54, 1.807) is 12.1 Å². The zero-order chi connectivity index (χ0) is 29.9. The van der Waals surface area contributed by atoms with E-state index < -0.39 is 11.9 Å². The Morgan fingerprint density at radius 1 is 0.976 bits per heavy atom. The molecule has 1 aromatic heterocycles. The Bertz CT molecular complexity index is 1540. The van der Waals surface area contributed by atoms with Gasteiger partial charge in [-0.2, -0.15) is 0 Å². The number of carbonyl (C=O) groups excluding carboxylic acids is 3. The van der Waals surface area contributed by atoms with Crippen molar-refractivity contribution in [1.29, 1.82) is 0 Å². The van der Waals surface area contributed by atoms with E-state index in [0.717, 1.165) is 23.3 Å². The van der Waals surface area contributed by atoms with Gasteiger partial charge in [-0.3, -0.25) is 14.4 Å². The number of fused-ring (bicyclic) bond motifs is 1. The molecule has 0 aliphatic rings. The van der Waals surface area contributed by atoms with E-state index >= 15 is 0 Å². The van der Waals surface area contributed by atoms with E-state index in [9.17, 15) is 14.4 Å². The fraction of sp³-hybridized carbons (Fsp3) is 0.250. The minimum absolute atomic E-state index is 0.173. The van der Waals surface area contributed by atoms with Gasteiger partial charge >= 0.3 is 0 Å². The molecule has 0 aliphatic carbocycles. The first kappa shape index (κ1) is 30.4. The second-order valence-electron chi connectivity index (χ2n) is 9.64. The van der Waals surface area contributed by atoms with Crippen molar-refractivity contribution in [2.75, 3.05) is 24.0 Å². The number of nitrogens with two attached hydrogens (primary N) is 1. The van der Waals surface area contributed by atoms with Crippen LogP contribution in [0, 0.1) is 0 Å². The lowest BCUT2D eigenvalue weighted by atomic mass is 10.0. The molecule has 1 atom stereocenters. The minimum Gasteiger partial charge on any atom is -0.494 e. The lowest BCUT2D eigenvalue weighted by Gasteiger charge is -2.20. The number of para-hydroxylation sites is 2. The summed E-state index contributed by atoms with van der Waals surface area (Å²) in [5, 5.41) is 9.16. The summed E-state index contributed by atoms with van der Waals surface area (Å²) < 4.78 is 5.70. The summed E-state index contributed by atoms with van der Waals surface area (Å²) in [7, 11) is 0. The van der Waals surface area contributed by atoms with Crippen molar-refractivity contribution in [2.24, 2.45) is 0 Å². The number of anilines is 1. The molecular formula is C32H35N5O4S. The van der Waals surface area contributed by atoms with Crippen LogP contribution < -0.4 is 26.4 Å². The molecule has 4 aromatic rings. The third kappa shape index (κ3) is 8.23. The number of nitrogens with zero attached hydrogens (tertiary/aromatic N) is 1. The Balaban J connectivity index is 1.58. The van der Waals surface area contributed by atoms with Crippen molar-refractivity contribution in [3.63, 3.8) is 0 Å². The van der Waals surface area contributed by atoms with E-state index in [4.69, 9.17) is 15.5 Å². The average Bonchev–Trinajstić information content (AvgIpc) is 3.00. The van der Waals surface area contributed by atoms with Crippen LogP contribution in [0.15, 0.2) is 78.9 Å². The smallest absolute Gasteiger partial charge is 0.252 e. The number of thioether (sulfide) groups is 1. The standard InChI is InChI=1S/C32H35N5O4S/c1-3-16-41-24-14-12-22(13-15-24)29-17-26(25-9-5-7-11-28(25)36-29)31(39)37-30(19-42-20-35-21(2)38)32(40)34-18-23-8-4-6-10-27(23)33/h4-15,17,30H,3,16,18-20,33H2,1-2H3,(H,34,40)(H,35,38)(H,37,39). The predicted octanol–water partition coefficient (Wildman–Crippen LogP) is 4.51. The molecule has 0 radical (unpaired) electrons. The summed E-state index contributed by atoms with van der Waals surface area (Å²) in [6.45, 7) is 4.33. The monoisotopic (exact) mass is 585 g/mol.